The van der Waals surface area contributed by atoms with E-state index in [1.165, 1.54) is 0 Å². The second-order valence-electron chi connectivity index (χ2n) is 2.14. The number of methoxy groups -OCH3 is 2. The summed E-state index contributed by atoms with van der Waals surface area (Å²) in [6, 6.07) is 0. The van der Waals surface area contributed by atoms with Crippen LogP contribution in [0.2, 0.25) is 0 Å². The number of carbonyl (C=O) groups excluding carboxylic acids is 1. The Hall–Kier alpha value is -0.610. The van der Waals surface area contributed by atoms with E-state index in [9.17, 15) is 4.79 Å². The Morgan fingerprint density at radius 1 is 1.08 bits per heavy atom. The summed E-state index contributed by atoms with van der Waals surface area (Å²) in [6.45, 7) is 5.45. The molecule has 13 heavy (non-hydrogen) atoms. The molecule has 0 rings (SSSR count). The standard InChI is InChI=1S/C5H10O2.C4H10O2/c1-3-5(6)7-4-2;1-5-3-4-6-2/h3-4H2,1-2H3;3-4H2,1-2H3. The van der Waals surface area contributed by atoms with Crippen LogP contribution >= 0.6 is 0 Å². The fourth-order valence-electron chi connectivity index (χ4n) is 0.430. The third-order valence-electron chi connectivity index (χ3n) is 1.09. The van der Waals surface area contributed by atoms with Crippen LogP contribution < -0.4 is 0 Å². The van der Waals surface area contributed by atoms with E-state index in [0.717, 1.165) is 0 Å². The third kappa shape index (κ3) is 18.4. The molecule has 0 aromatic carbocycles. The average molecular weight is 192 g/mol. The molecule has 0 heterocycles. The lowest BCUT2D eigenvalue weighted by Crippen LogP contribution is -2.00. The van der Waals surface area contributed by atoms with Gasteiger partial charge in [0, 0.05) is 20.6 Å². The van der Waals surface area contributed by atoms with E-state index in [1.54, 1.807) is 28.1 Å². The van der Waals surface area contributed by atoms with E-state index >= 15 is 0 Å². The van der Waals surface area contributed by atoms with E-state index in [4.69, 9.17) is 0 Å². The van der Waals surface area contributed by atoms with Crippen molar-refractivity contribution < 1.29 is 19.0 Å². The molecule has 0 aromatic heterocycles. The molecule has 4 heteroatoms. The predicted octanol–water partition coefficient (Wildman–Crippen LogP) is 1.24. The molecule has 0 aliphatic carbocycles. The van der Waals surface area contributed by atoms with Crippen LogP contribution in [-0.4, -0.2) is 40.0 Å². The smallest absolute Gasteiger partial charge is 0.305 e. The highest BCUT2D eigenvalue weighted by Gasteiger charge is 1.91. The van der Waals surface area contributed by atoms with E-state index < -0.39 is 0 Å². The van der Waals surface area contributed by atoms with Gasteiger partial charge in [0.2, 0.25) is 0 Å². The molecule has 0 unspecified atom stereocenters. The van der Waals surface area contributed by atoms with Crippen LogP contribution in [0.15, 0.2) is 0 Å². The molecule has 4 nitrogen and oxygen atoms in total. The summed E-state index contributed by atoms with van der Waals surface area (Å²) in [7, 11) is 3.30. The fraction of sp³-hybridized carbons (Fsp3) is 0.889. The topological polar surface area (TPSA) is 44.8 Å². The second kappa shape index (κ2) is 13.9. The molecule has 0 aromatic rings. The van der Waals surface area contributed by atoms with Crippen LogP contribution in [0.5, 0.6) is 0 Å². The molecule has 0 aliphatic heterocycles. The van der Waals surface area contributed by atoms with Crippen LogP contribution in [-0.2, 0) is 19.0 Å². The van der Waals surface area contributed by atoms with Crippen molar-refractivity contribution in [3.05, 3.63) is 0 Å². The van der Waals surface area contributed by atoms with E-state index in [0.29, 0.717) is 26.2 Å². The molecule has 0 bridgehead atoms. The van der Waals surface area contributed by atoms with Gasteiger partial charge in [0.15, 0.2) is 0 Å². The summed E-state index contributed by atoms with van der Waals surface area (Å²) in [4.78, 5) is 10.2. The van der Waals surface area contributed by atoms with Gasteiger partial charge < -0.3 is 14.2 Å². The summed E-state index contributed by atoms with van der Waals surface area (Å²) >= 11 is 0. The number of carbonyl (C=O) groups is 1. The summed E-state index contributed by atoms with van der Waals surface area (Å²) in [5.41, 5.74) is 0. The molecule has 0 N–H and O–H groups in total. The first-order valence-electron chi connectivity index (χ1n) is 4.36. The molecule has 0 radical (unpaired) electrons. The summed E-state index contributed by atoms with van der Waals surface area (Å²) in [5, 5.41) is 0. The maximum Gasteiger partial charge on any atom is 0.305 e. The average Bonchev–Trinajstić information content (AvgIpc) is 2.16. The van der Waals surface area contributed by atoms with Crippen molar-refractivity contribution in [1.29, 1.82) is 0 Å². The summed E-state index contributed by atoms with van der Waals surface area (Å²) < 4.78 is 13.9. The molecule has 0 atom stereocenters. The molecule has 0 aliphatic rings. The quantitative estimate of drug-likeness (QED) is 0.485. The van der Waals surface area contributed by atoms with Crippen LogP contribution in [0.4, 0.5) is 0 Å². The Kier molecular flexibility index (Phi) is 16.0. The summed E-state index contributed by atoms with van der Waals surface area (Å²) in [5.74, 6) is -0.123. The highest BCUT2D eigenvalue weighted by molar-refractivity contribution is 5.68. The Morgan fingerprint density at radius 3 is 1.69 bits per heavy atom. The maximum atomic E-state index is 10.2. The SMILES string of the molecule is CCOC(=O)CC.COCCOC. The van der Waals surface area contributed by atoms with Crippen molar-refractivity contribution in [2.75, 3.05) is 34.0 Å². The lowest BCUT2D eigenvalue weighted by Gasteiger charge is -1.93. The zero-order valence-electron chi connectivity index (χ0n) is 8.96. The van der Waals surface area contributed by atoms with Crippen molar-refractivity contribution >= 4 is 5.97 Å². The number of hydrogen-bond acceptors (Lipinski definition) is 4. The van der Waals surface area contributed by atoms with Gasteiger partial charge in [-0.05, 0) is 6.92 Å². The highest BCUT2D eigenvalue weighted by Crippen LogP contribution is 1.80. The zero-order chi connectivity index (χ0) is 10.5. The fourth-order valence-corrected chi connectivity index (χ4v) is 0.430. The minimum Gasteiger partial charge on any atom is -0.466 e. The van der Waals surface area contributed by atoms with Crippen LogP contribution in [0.3, 0.4) is 0 Å². The van der Waals surface area contributed by atoms with Crippen molar-refractivity contribution in [1.82, 2.24) is 0 Å². The van der Waals surface area contributed by atoms with E-state index in [2.05, 4.69) is 14.2 Å². The molecule has 0 spiro atoms. The predicted molar refractivity (Wildman–Crippen MR) is 50.7 cm³/mol. The van der Waals surface area contributed by atoms with Crippen molar-refractivity contribution in [2.45, 2.75) is 20.3 Å². The van der Waals surface area contributed by atoms with E-state index in [-0.39, 0.29) is 5.97 Å². The van der Waals surface area contributed by atoms with Gasteiger partial charge in [-0.15, -0.1) is 0 Å². The van der Waals surface area contributed by atoms with Crippen molar-refractivity contribution in [3.63, 3.8) is 0 Å². The highest BCUT2D eigenvalue weighted by atomic mass is 16.5. The normalized spacial score (nSPS) is 8.62. The molecule has 0 saturated carbocycles. The monoisotopic (exact) mass is 192 g/mol. The maximum absolute atomic E-state index is 10.2. The Balaban J connectivity index is 0. The van der Waals surface area contributed by atoms with E-state index in [1.807, 2.05) is 0 Å². The van der Waals surface area contributed by atoms with Gasteiger partial charge in [0.1, 0.15) is 0 Å². The third-order valence-corrected chi connectivity index (χ3v) is 1.09. The largest absolute Gasteiger partial charge is 0.466 e. The lowest BCUT2D eigenvalue weighted by molar-refractivity contribution is -0.142. The van der Waals surface area contributed by atoms with Gasteiger partial charge in [-0.3, -0.25) is 4.79 Å². The Labute approximate surface area is 80.2 Å². The van der Waals surface area contributed by atoms with Gasteiger partial charge >= 0.3 is 5.97 Å². The first-order valence-corrected chi connectivity index (χ1v) is 4.36. The summed E-state index contributed by atoms with van der Waals surface area (Å²) in [6.07, 6.45) is 0.480. The van der Waals surface area contributed by atoms with Gasteiger partial charge in [-0.25, -0.2) is 0 Å². The number of ether oxygens (including phenoxy) is 3. The van der Waals surface area contributed by atoms with Crippen molar-refractivity contribution in [3.8, 4) is 0 Å². The van der Waals surface area contributed by atoms with Gasteiger partial charge in [-0.1, -0.05) is 6.92 Å². The van der Waals surface area contributed by atoms with Gasteiger partial charge in [-0.2, -0.15) is 0 Å². The molecule has 0 saturated heterocycles. The Morgan fingerprint density at radius 2 is 1.54 bits per heavy atom. The molecule has 0 amide bonds. The lowest BCUT2D eigenvalue weighted by atomic mass is 10.5. The zero-order valence-corrected chi connectivity index (χ0v) is 8.96. The molecular weight excluding hydrogens is 172 g/mol. The minimum absolute atomic E-state index is 0.123. The van der Waals surface area contributed by atoms with Crippen LogP contribution in [0, 0.1) is 0 Å². The van der Waals surface area contributed by atoms with Gasteiger partial charge in [0.05, 0.1) is 19.8 Å². The molecular formula is C9H20O4. The number of hydrogen-bond donors (Lipinski definition) is 0. The van der Waals surface area contributed by atoms with Crippen molar-refractivity contribution in [2.24, 2.45) is 0 Å². The number of rotatable bonds is 5. The first kappa shape index (κ1) is 14.9. The number of esters is 1. The minimum atomic E-state index is -0.123. The van der Waals surface area contributed by atoms with Crippen LogP contribution in [0.1, 0.15) is 20.3 Å². The molecule has 0 fully saturated rings. The van der Waals surface area contributed by atoms with Gasteiger partial charge in [0.25, 0.3) is 0 Å². The Bertz CT molecular complexity index is 99.8. The van der Waals surface area contributed by atoms with Crippen LogP contribution in [0.25, 0.3) is 0 Å². The molecule has 80 valence electrons. The second-order valence-corrected chi connectivity index (χ2v) is 2.14. The first-order chi connectivity index (χ1) is 6.22.